The first-order chi connectivity index (χ1) is 14.9. The molecule has 0 saturated heterocycles. The second-order valence-corrected chi connectivity index (χ2v) is 9.93. The van der Waals surface area contributed by atoms with E-state index in [2.05, 4.69) is 31.5 Å². The molecule has 0 spiro atoms. The second kappa shape index (κ2) is 10.9. The van der Waals surface area contributed by atoms with Crippen LogP contribution in [0.2, 0.25) is 0 Å². The van der Waals surface area contributed by atoms with Gasteiger partial charge in [0.05, 0.1) is 28.2 Å². The standard InChI is InChI=1S/C22H26BrN3O4S/c1-3-10-30-18(27)12-17-20(23)31-22(25-17)26-21(29)24-16-9-8-13(2)11-15(16)19(28)14-6-4-5-7-14/h8-9,11,14H,3-7,10,12H2,1-2H3,(H2,24,25,26,29). The minimum absolute atomic E-state index is 0.0235. The molecule has 0 radical (unpaired) electrons. The van der Waals surface area contributed by atoms with E-state index in [0.29, 0.717) is 32.5 Å². The summed E-state index contributed by atoms with van der Waals surface area (Å²) in [5.74, 6) is -0.254. The van der Waals surface area contributed by atoms with Crippen LogP contribution >= 0.6 is 27.3 Å². The van der Waals surface area contributed by atoms with E-state index in [1.807, 2.05) is 26.0 Å². The monoisotopic (exact) mass is 507 g/mol. The van der Waals surface area contributed by atoms with E-state index in [0.717, 1.165) is 37.7 Å². The maximum absolute atomic E-state index is 13.0. The smallest absolute Gasteiger partial charge is 0.325 e. The highest BCUT2D eigenvalue weighted by Crippen LogP contribution is 2.32. The van der Waals surface area contributed by atoms with Crippen LogP contribution in [-0.2, 0) is 16.0 Å². The van der Waals surface area contributed by atoms with Crippen LogP contribution in [0.4, 0.5) is 15.6 Å². The van der Waals surface area contributed by atoms with Crippen LogP contribution in [0.15, 0.2) is 22.0 Å². The molecular weight excluding hydrogens is 482 g/mol. The molecule has 2 amide bonds. The number of halogens is 1. The topological polar surface area (TPSA) is 97.4 Å². The van der Waals surface area contributed by atoms with Crippen LogP contribution in [0.1, 0.15) is 60.6 Å². The van der Waals surface area contributed by atoms with E-state index >= 15 is 0 Å². The Morgan fingerprint density at radius 1 is 1.23 bits per heavy atom. The first kappa shape index (κ1) is 23.4. The molecule has 0 bridgehead atoms. The number of amides is 2. The number of nitrogens with one attached hydrogen (secondary N) is 2. The van der Waals surface area contributed by atoms with Gasteiger partial charge in [0.15, 0.2) is 10.9 Å². The summed E-state index contributed by atoms with van der Waals surface area (Å²) in [5.41, 5.74) is 2.50. The lowest BCUT2D eigenvalue weighted by molar-refractivity contribution is -0.142. The van der Waals surface area contributed by atoms with Crippen LogP contribution in [0.3, 0.4) is 0 Å². The van der Waals surface area contributed by atoms with Crippen molar-refractivity contribution in [2.45, 2.75) is 52.4 Å². The van der Waals surface area contributed by atoms with Crippen LogP contribution in [-0.4, -0.2) is 29.4 Å². The molecule has 2 N–H and O–H groups in total. The van der Waals surface area contributed by atoms with Gasteiger partial charge in [0, 0.05) is 11.5 Å². The fourth-order valence-electron chi connectivity index (χ4n) is 3.53. The number of carbonyl (C=O) groups is 3. The third kappa shape index (κ3) is 6.36. The van der Waals surface area contributed by atoms with Crippen molar-refractivity contribution >= 4 is 55.9 Å². The molecule has 3 rings (SSSR count). The first-order valence-electron chi connectivity index (χ1n) is 10.4. The number of nitrogens with zero attached hydrogens (tertiary/aromatic N) is 1. The van der Waals surface area contributed by atoms with Crippen molar-refractivity contribution in [2.24, 2.45) is 5.92 Å². The number of aromatic nitrogens is 1. The number of hydrogen-bond acceptors (Lipinski definition) is 6. The summed E-state index contributed by atoms with van der Waals surface area (Å²) in [6.45, 7) is 4.22. The average molecular weight is 508 g/mol. The molecule has 1 saturated carbocycles. The maximum Gasteiger partial charge on any atom is 0.325 e. The van der Waals surface area contributed by atoms with Crippen molar-refractivity contribution in [1.82, 2.24) is 4.98 Å². The SMILES string of the molecule is CCCOC(=O)Cc1nc(NC(=O)Nc2ccc(C)cc2C(=O)C2CCCC2)sc1Br. The van der Waals surface area contributed by atoms with Crippen molar-refractivity contribution in [2.75, 3.05) is 17.2 Å². The first-order valence-corrected chi connectivity index (χ1v) is 12.0. The fraction of sp³-hybridized carbons (Fsp3) is 0.455. The zero-order valence-corrected chi connectivity index (χ0v) is 20.0. The molecule has 1 fully saturated rings. The molecule has 2 aromatic rings. The van der Waals surface area contributed by atoms with Gasteiger partial charge in [-0.2, -0.15) is 0 Å². The van der Waals surface area contributed by atoms with Crippen LogP contribution < -0.4 is 10.6 Å². The van der Waals surface area contributed by atoms with E-state index in [4.69, 9.17) is 4.74 Å². The van der Waals surface area contributed by atoms with E-state index < -0.39 is 6.03 Å². The van der Waals surface area contributed by atoms with Crippen LogP contribution in [0.5, 0.6) is 0 Å². The number of hydrogen-bond donors (Lipinski definition) is 2. The van der Waals surface area contributed by atoms with Gasteiger partial charge >= 0.3 is 12.0 Å². The zero-order valence-electron chi connectivity index (χ0n) is 17.6. The predicted molar refractivity (Wildman–Crippen MR) is 125 cm³/mol. The Kier molecular flexibility index (Phi) is 8.20. The van der Waals surface area contributed by atoms with Crippen molar-refractivity contribution in [1.29, 1.82) is 0 Å². The molecule has 31 heavy (non-hydrogen) atoms. The van der Waals surface area contributed by atoms with Gasteiger partial charge in [-0.05, 0) is 54.2 Å². The summed E-state index contributed by atoms with van der Waals surface area (Å²) in [6, 6.07) is 4.95. The minimum atomic E-state index is -0.495. The molecular formula is C22H26BrN3O4S. The number of carbonyl (C=O) groups excluding carboxylic acids is 3. The van der Waals surface area contributed by atoms with E-state index in [-0.39, 0.29) is 24.1 Å². The van der Waals surface area contributed by atoms with Crippen molar-refractivity contribution in [3.63, 3.8) is 0 Å². The molecule has 1 aliphatic carbocycles. The Morgan fingerprint density at radius 3 is 2.68 bits per heavy atom. The van der Waals surface area contributed by atoms with Gasteiger partial charge in [-0.3, -0.25) is 14.9 Å². The number of ether oxygens (including phenoxy) is 1. The molecule has 166 valence electrons. The van der Waals surface area contributed by atoms with Gasteiger partial charge in [-0.1, -0.05) is 42.7 Å². The molecule has 1 aromatic heterocycles. The lowest BCUT2D eigenvalue weighted by Gasteiger charge is -2.14. The minimum Gasteiger partial charge on any atom is -0.465 e. The number of urea groups is 1. The van der Waals surface area contributed by atoms with E-state index in [1.165, 1.54) is 11.3 Å². The number of anilines is 2. The number of esters is 1. The quantitative estimate of drug-likeness (QED) is 0.351. The Balaban J connectivity index is 1.67. The third-order valence-electron chi connectivity index (χ3n) is 5.06. The van der Waals surface area contributed by atoms with Crippen molar-refractivity contribution < 1.29 is 19.1 Å². The molecule has 0 aliphatic heterocycles. The summed E-state index contributed by atoms with van der Waals surface area (Å²) in [6.07, 6.45) is 4.71. The molecule has 7 nitrogen and oxygen atoms in total. The number of benzene rings is 1. The van der Waals surface area contributed by atoms with Gasteiger partial charge in [0.2, 0.25) is 0 Å². The molecule has 1 aliphatic rings. The van der Waals surface area contributed by atoms with Gasteiger partial charge < -0.3 is 10.1 Å². The average Bonchev–Trinajstić information content (AvgIpc) is 3.37. The number of ketones is 1. The summed E-state index contributed by atoms with van der Waals surface area (Å²) in [7, 11) is 0. The predicted octanol–water partition coefficient (Wildman–Crippen LogP) is 5.73. The number of Topliss-reactive ketones (excluding diaryl/α,β-unsaturated/α-hetero) is 1. The van der Waals surface area contributed by atoms with Gasteiger partial charge in [-0.15, -0.1) is 0 Å². The van der Waals surface area contributed by atoms with E-state index in [9.17, 15) is 14.4 Å². The van der Waals surface area contributed by atoms with E-state index in [1.54, 1.807) is 6.07 Å². The number of thiazole rings is 1. The summed E-state index contributed by atoms with van der Waals surface area (Å²) >= 11 is 4.59. The van der Waals surface area contributed by atoms with Gasteiger partial charge in [0.1, 0.15) is 0 Å². The summed E-state index contributed by atoms with van der Waals surface area (Å²) in [4.78, 5) is 41.7. The molecule has 9 heteroatoms. The number of rotatable bonds is 8. The third-order valence-corrected chi connectivity index (χ3v) is 6.81. The highest BCUT2D eigenvalue weighted by Gasteiger charge is 2.26. The van der Waals surface area contributed by atoms with Crippen LogP contribution in [0.25, 0.3) is 0 Å². The largest absolute Gasteiger partial charge is 0.465 e. The highest BCUT2D eigenvalue weighted by atomic mass is 79.9. The summed E-state index contributed by atoms with van der Waals surface area (Å²) < 4.78 is 5.74. The normalized spacial score (nSPS) is 13.8. The molecule has 1 heterocycles. The Bertz CT molecular complexity index is 970. The van der Waals surface area contributed by atoms with Crippen molar-refractivity contribution in [3.8, 4) is 0 Å². The Hall–Kier alpha value is -2.26. The highest BCUT2D eigenvalue weighted by molar-refractivity contribution is 9.11. The molecule has 0 unspecified atom stereocenters. The zero-order chi connectivity index (χ0) is 22.4. The summed E-state index contributed by atoms with van der Waals surface area (Å²) in [5, 5.41) is 5.80. The van der Waals surface area contributed by atoms with Crippen LogP contribution in [0, 0.1) is 12.8 Å². The van der Waals surface area contributed by atoms with Gasteiger partial charge in [-0.25, -0.2) is 9.78 Å². The van der Waals surface area contributed by atoms with Crippen molar-refractivity contribution in [3.05, 3.63) is 38.8 Å². The number of aryl methyl sites for hydroxylation is 1. The molecule has 0 atom stereocenters. The Morgan fingerprint density at radius 2 is 1.97 bits per heavy atom. The second-order valence-electron chi connectivity index (χ2n) is 7.61. The fourth-order valence-corrected chi connectivity index (χ4v) is 4.92. The molecule has 1 aromatic carbocycles. The Labute approximate surface area is 194 Å². The maximum atomic E-state index is 13.0. The lowest BCUT2D eigenvalue weighted by atomic mass is 9.94. The lowest BCUT2D eigenvalue weighted by Crippen LogP contribution is -2.22. The van der Waals surface area contributed by atoms with Gasteiger partial charge in [0.25, 0.3) is 0 Å².